The quantitative estimate of drug-likeness (QED) is 0.638. The standard InChI is InChI=1S/C10H11NO6/c1-6(2-5-9(14)15)10(16)17-11-7(12)3-4-8(11)13/h3-4,12-13H,1-2,5H2,(H,14,15). The van der Waals surface area contributed by atoms with E-state index in [4.69, 9.17) is 5.11 Å². The minimum absolute atomic E-state index is 0.0695. The average Bonchev–Trinajstić information content (AvgIpc) is 2.57. The Bertz CT molecular complexity index is 442. The summed E-state index contributed by atoms with van der Waals surface area (Å²) < 4.78 is 0.508. The van der Waals surface area contributed by atoms with Gasteiger partial charge in [0.1, 0.15) is 0 Å². The number of nitrogens with zero attached hydrogens (tertiary/aromatic N) is 1. The lowest BCUT2D eigenvalue weighted by Crippen LogP contribution is -2.20. The highest BCUT2D eigenvalue weighted by atomic mass is 16.7. The van der Waals surface area contributed by atoms with E-state index in [0.717, 1.165) is 12.1 Å². The fourth-order valence-electron chi connectivity index (χ4n) is 1.00. The molecular weight excluding hydrogens is 230 g/mol. The number of carbonyl (C=O) groups excluding carboxylic acids is 1. The lowest BCUT2D eigenvalue weighted by atomic mass is 10.2. The molecule has 0 amide bonds. The molecule has 0 saturated heterocycles. The second kappa shape index (κ2) is 5.06. The van der Waals surface area contributed by atoms with Crippen molar-refractivity contribution in [2.75, 3.05) is 0 Å². The third kappa shape index (κ3) is 3.26. The number of aromatic hydroxyl groups is 2. The van der Waals surface area contributed by atoms with Gasteiger partial charge in [-0.3, -0.25) is 4.79 Å². The normalized spacial score (nSPS) is 9.88. The van der Waals surface area contributed by atoms with E-state index in [1.54, 1.807) is 0 Å². The van der Waals surface area contributed by atoms with Crippen LogP contribution in [0.2, 0.25) is 0 Å². The van der Waals surface area contributed by atoms with Gasteiger partial charge in [0.25, 0.3) is 0 Å². The van der Waals surface area contributed by atoms with Gasteiger partial charge >= 0.3 is 11.9 Å². The number of carboxylic acids is 1. The number of hydrogen-bond acceptors (Lipinski definition) is 5. The molecule has 7 heteroatoms. The van der Waals surface area contributed by atoms with Crippen molar-refractivity contribution in [3.05, 3.63) is 24.3 Å². The Morgan fingerprint density at radius 2 is 1.76 bits per heavy atom. The zero-order valence-electron chi connectivity index (χ0n) is 8.79. The fraction of sp³-hybridized carbons (Fsp3) is 0.200. The summed E-state index contributed by atoms with van der Waals surface area (Å²) in [5.74, 6) is -2.90. The molecule has 7 nitrogen and oxygen atoms in total. The van der Waals surface area contributed by atoms with E-state index >= 15 is 0 Å². The maximum atomic E-state index is 11.4. The maximum absolute atomic E-state index is 11.4. The van der Waals surface area contributed by atoms with Crippen molar-refractivity contribution < 1.29 is 29.7 Å². The molecule has 1 aromatic heterocycles. The van der Waals surface area contributed by atoms with Gasteiger partial charge in [0.15, 0.2) is 0 Å². The van der Waals surface area contributed by atoms with Crippen LogP contribution in [-0.2, 0) is 9.59 Å². The van der Waals surface area contributed by atoms with Gasteiger partial charge in [0.2, 0.25) is 11.8 Å². The lowest BCUT2D eigenvalue weighted by molar-refractivity contribution is -0.141. The molecule has 17 heavy (non-hydrogen) atoms. The predicted octanol–water partition coefficient (Wildman–Crippen LogP) is 0.275. The highest BCUT2D eigenvalue weighted by molar-refractivity contribution is 5.88. The number of rotatable bonds is 5. The van der Waals surface area contributed by atoms with Crippen LogP contribution in [0.5, 0.6) is 11.8 Å². The number of carbonyl (C=O) groups is 2. The Morgan fingerprint density at radius 1 is 1.24 bits per heavy atom. The first kappa shape index (κ1) is 12.6. The van der Waals surface area contributed by atoms with Crippen molar-refractivity contribution in [1.29, 1.82) is 0 Å². The predicted molar refractivity (Wildman–Crippen MR) is 55.4 cm³/mol. The summed E-state index contributed by atoms with van der Waals surface area (Å²) in [5.41, 5.74) is -0.0695. The van der Waals surface area contributed by atoms with Crippen LogP contribution >= 0.6 is 0 Å². The van der Waals surface area contributed by atoms with Crippen molar-refractivity contribution in [3.8, 4) is 11.8 Å². The van der Waals surface area contributed by atoms with Gasteiger partial charge in [0, 0.05) is 24.1 Å². The molecule has 0 aliphatic rings. The number of carboxylic acid groups (broad SMARTS) is 1. The molecule has 0 radical (unpaired) electrons. The minimum Gasteiger partial charge on any atom is -0.492 e. The summed E-state index contributed by atoms with van der Waals surface area (Å²) in [4.78, 5) is 26.2. The van der Waals surface area contributed by atoms with Crippen molar-refractivity contribution in [2.24, 2.45) is 0 Å². The van der Waals surface area contributed by atoms with Crippen LogP contribution in [-0.4, -0.2) is 32.0 Å². The van der Waals surface area contributed by atoms with Crippen molar-refractivity contribution in [2.45, 2.75) is 12.8 Å². The Labute approximate surface area is 96.1 Å². The van der Waals surface area contributed by atoms with Crippen LogP contribution in [0.1, 0.15) is 12.8 Å². The number of aromatic nitrogens is 1. The Morgan fingerprint density at radius 3 is 2.24 bits per heavy atom. The summed E-state index contributed by atoms with van der Waals surface area (Å²) in [7, 11) is 0. The molecule has 3 N–H and O–H groups in total. The SMILES string of the molecule is C=C(CCC(=O)O)C(=O)On1c(O)ccc1O. The van der Waals surface area contributed by atoms with Crippen LogP contribution < -0.4 is 4.84 Å². The summed E-state index contributed by atoms with van der Waals surface area (Å²) in [6.45, 7) is 3.35. The number of hydrogen-bond donors (Lipinski definition) is 3. The molecule has 92 valence electrons. The zero-order valence-corrected chi connectivity index (χ0v) is 8.79. The molecule has 0 aliphatic carbocycles. The Kier molecular flexibility index (Phi) is 3.76. The average molecular weight is 241 g/mol. The van der Waals surface area contributed by atoms with Crippen molar-refractivity contribution >= 4 is 11.9 Å². The summed E-state index contributed by atoms with van der Waals surface area (Å²) in [6, 6.07) is 2.26. The first-order valence-electron chi connectivity index (χ1n) is 4.63. The van der Waals surface area contributed by atoms with Gasteiger partial charge < -0.3 is 20.2 Å². The molecule has 0 fully saturated rings. The van der Waals surface area contributed by atoms with Crippen LogP contribution in [0.3, 0.4) is 0 Å². The lowest BCUT2D eigenvalue weighted by Gasteiger charge is -2.07. The highest BCUT2D eigenvalue weighted by Gasteiger charge is 2.15. The van der Waals surface area contributed by atoms with E-state index in [2.05, 4.69) is 11.4 Å². The monoisotopic (exact) mass is 241 g/mol. The van der Waals surface area contributed by atoms with E-state index in [0.29, 0.717) is 4.73 Å². The summed E-state index contributed by atoms with van der Waals surface area (Å²) >= 11 is 0. The molecule has 0 saturated carbocycles. The van der Waals surface area contributed by atoms with E-state index in [9.17, 15) is 19.8 Å². The van der Waals surface area contributed by atoms with Gasteiger partial charge in [-0.15, -0.1) is 4.73 Å². The Balaban J connectivity index is 2.60. The second-order valence-corrected chi connectivity index (χ2v) is 3.22. The second-order valence-electron chi connectivity index (χ2n) is 3.22. The minimum atomic E-state index is -1.06. The molecule has 0 spiro atoms. The van der Waals surface area contributed by atoms with Gasteiger partial charge in [-0.25, -0.2) is 4.79 Å². The molecule has 1 aromatic rings. The van der Waals surface area contributed by atoms with Crippen LogP contribution in [0.15, 0.2) is 24.3 Å². The highest BCUT2D eigenvalue weighted by Crippen LogP contribution is 2.19. The third-order valence-corrected chi connectivity index (χ3v) is 1.90. The van der Waals surface area contributed by atoms with E-state index in [1.807, 2.05) is 0 Å². The van der Waals surface area contributed by atoms with E-state index in [-0.39, 0.29) is 18.4 Å². The van der Waals surface area contributed by atoms with Crippen LogP contribution in [0, 0.1) is 0 Å². The largest absolute Gasteiger partial charge is 0.492 e. The molecule has 0 unspecified atom stereocenters. The maximum Gasteiger partial charge on any atom is 0.359 e. The molecule has 0 atom stereocenters. The van der Waals surface area contributed by atoms with Crippen molar-refractivity contribution in [3.63, 3.8) is 0 Å². The van der Waals surface area contributed by atoms with E-state index < -0.39 is 23.7 Å². The summed E-state index contributed by atoms with van der Waals surface area (Å²) in [6.07, 6.45) is -0.325. The van der Waals surface area contributed by atoms with Gasteiger partial charge in [-0.2, -0.15) is 0 Å². The fourth-order valence-corrected chi connectivity index (χ4v) is 1.00. The van der Waals surface area contributed by atoms with E-state index in [1.165, 1.54) is 0 Å². The van der Waals surface area contributed by atoms with Crippen LogP contribution in [0.4, 0.5) is 0 Å². The number of aliphatic carboxylic acids is 1. The topological polar surface area (TPSA) is 109 Å². The molecule has 0 aromatic carbocycles. The molecule has 0 aliphatic heterocycles. The Hall–Kier alpha value is -2.44. The zero-order chi connectivity index (χ0) is 13.0. The van der Waals surface area contributed by atoms with Crippen molar-refractivity contribution in [1.82, 2.24) is 4.73 Å². The van der Waals surface area contributed by atoms with Gasteiger partial charge in [0.05, 0.1) is 0 Å². The van der Waals surface area contributed by atoms with Gasteiger partial charge in [-0.05, 0) is 6.42 Å². The first-order chi connectivity index (χ1) is 7.91. The first-order valence-corrected chi connectivity index (χ1v) is 4.63. The van der Waals surface area contributed by atoms with Crippen LogP contribution in [0.25, 0.3) is 0 Å². The smallest absolute Gasteiger partial charge is 0.359 e. The summed E-state index contributed by atoms with van der Waals surface area (Å²) in [5, 5.41) is 26.8. The molecule has 1 rings (SSSR count). The molecule has 1 heterocycles. The molecule has 0 bridgehead atoms. The van der Waals surface area contributed by atoms with Gasteiger partial charge in [-0.1, -0.05) is 6.58 Å². The third-order valence-electron chi connectivity index (χ3n) is 1.90. The molecular formula is C10H11NO6.